The molecule has 1 aromatic heterocycles. The van der Waals surface area contributed by atoms with Crippen molar-refractivity contribution in [2.75, 3.05) is 0 Å². The van der Waals surface area contributed by atoms with Crippen molar-refractivity contribution >= 4 is 44.3 Å². The number of hydrogen-bond donors (Lipinski definition) is 3. The lowest BCUT2D eigenvalue weighted by Crippen LogP contribution is -2.51. The Kier molecular flexibility index (Phi) is 7.42. The van der Waals surface area contributed by atoms with Gasteiger partial charge in [0.2, 0.25) is 5.91 Å². The third kappa shape index (κ3) is 4.70. The van der Waals surface area contributed by atoms with Crippen LogP contribution in [0.5, 0.6) is 0 Å². The Labute approximate surface area is 237 Å². The number of carbonyl (C=O) groups excluding carboxylic acids is 3. The van der Waals surface area contributed by atoms with Crippen molar-refractivity contribution in [3.05, 3.63) is 82.0 Å². The van der Waals surface area contributed by atoms with Crippen molar-refractivity contribution in [2.45, 2.75) is 52.7 Å². The first-order chi connectivity index (χ1) is 18.5. The van der Waals surface area contributed by atoms with Crippen molar-refractivity contribution in [3.8, 4) is 0 Å². The second-order valence-electron chi connectivity index (χ2n) is 11.5. The van der Waals surface area contributed by atoms with Gasteiger partial charge in [-0.05, 0) is 80.0 Å². The van der Waals surface area contributed by atoms with Crippen LogP contribution in [0.3, 0.4) is 0 Å². The maximum Gasteiger partial charge on any atom is 0.235 e. The number of aliphatic hydroxyl groups is 1. The molecule has 0 unspecified atom stereocenters. The molecular formula is C32H35BrN2O4. The second kappa shape index (κ2) is 10.5. The molecule has 7 atom stereocenters. The average molecular weight is 592 g/mol. The van der Waals surface area contributed by atoms with E-state index in [1.165, 1.54) is 6.08 Å². The minimum Gasteiger partial charge on any atom is -0.381 e. The molecule has 1 fully saturated rings. The van der Waals surface area contributed by atoms with Gasteiger partial charge < -0.3 is 15.4 Å². The van der Waals surface area contributed by atoms with Gasteiger partial charge in [0, 0.05) is 39.5 Å². The van der Waals surface area contributed by atoms with E-state index in [-0.39, 0.29) is 29.7 Å². The van der Waals surface area contributed by atoms with Crippen LogP contribution in [-0.2, 0) is 20.8 Å². The van der Waals surface area contributed by atoms with Gasteiger partial charge in [0.05, 0.1) is 0 Å². The number of aromatic amines is 1. The Balaban J connectivity index is 1.61. The van der Waals surface area contributed by atoms with Crippen LogP contribution in [0.2, 0.25) is 0 Å². The number of benzene rings is 1. The Morgan fingerprint density at radius 3 is 2.62 bits per heavy atom. The number of halogens is 1. The van der Waals surface area contributed by atoms with Crippen LogP contribution in [0.1, 0.15) is 39.7 Å². The monoisotopic (exact) mass is 590 g/mol. The first-order valence-electron chi connectivity index (χ1n) is 13.6. The second-order valence-corrected chi connectivity index (χ2v) is 12.4. The van der Waals surface area contributed by atoms with Crippen LogP contribution in [0.15, 0.2) is 76.5 Å². The summed E-state index contributed by atoms with van der Waals surface area (Å²) < 4.78 is 0.971. The molecule has 39 heavy (non-hydrogen) atoms. The molecule has 2 heterocycles. The van der Waals surface area contributed by atoms with E-state index in [1.54, 1.807) is 6.92 Å². The summed E-state index contributed by atoms with van der Waals surface area (Å²) in [6.07, 6.45) is 12.2. The molecule has 1 amide bonds. The van der Waals surface area contributed by atoms with Crippen LogP contribution >= 0.6 is 15.9 Å². The molecule has 204 valence electrons. The number of hydrogen-bond acceptors (Lipinski definition) is 4. The Bertz CT molecular complexity index is 1460. The highest BCUT2D eigenvalue weighted by Gasteiger charge is 2.64. The highest BCUT2D eigenvalue weighted by molar-refractivity contribution is 9.10. The first kappa shape index (κ1) is 27.5. The SMILES string of the molecule is CC1=C[C@@H]2/C=C/C[C@H](C)/C=C(\C)[C@@H](O)C(=O)/C=C/C(=O)[C@]23C(=O)N[C@@H](Cc2c[nH]c4ccc(Br)cc24)[C@@H]3[C@@H]1C. The minimum atomic E-state index is -1.38. The summed E-state index contributed by atoms with van der Waals surface area (Å²) in [6.45, 7) is 7.89. The van der Waals surface area contributed by atoms with Gasteiger partial charge in [-0.15, -0.1) is 0 Å². The topological polar surface area (TPSA) is 99.3 Å². The van der Waals surface area contributed by atoms with Gasteiger partial charge >= 0.3 is 0 Å². The van der Waals surface area contributed by atoms with E-state index >= 15 is 0 Å². The summed E-state index contributed by atoms with van der Waals surface area (Å²) in [5.74, 6) is -1.98. The lowest BCUT2D eigenvalue weighted by atomic mass is 9.55. The van der Waals surface area contributed by atoms with Crippen molar-refractivity contribution in [3.63, 3.8) is 0 Å². The molecule has 3 N–H and O–H groups in total. The Morgan fingerprint density at radius 2 is 1.85 bits per heavy atom. The molecule has 1 aliphatic heterocycles. The number of H-pyrrole nitrogens is 1. The number of carbonyl (C=O) groups is 3. The highest BCUT2D eigenvalue weighted by atomic mass is 79.9. The Morgan fingerprint density at radius 1 is 1.08 bits per heavy atom. The molecule has 0 radical (unpaired) electrons. The van der Waals surface area contributed by atoms with Gasteiger partial charge in [-0.1, -0.05) is 59.7 Å². The molecule has 0 saturated carbocycles. The molecule has 1 aromatic carbocycles. The van der Waals surface area contributed by atoms with E-state index in [4.69, 9.17) is 0 Å². The number of aromatic nitrogens is 1. The average Bonchev–Trinajstić information content (AvgIpc) is 3.42. The van der Waals surface area contributed by atoms with Gasteiger partial charge in [-0.3, -0.25) is 14.4 Å². The predicted molar refractivity (Wildman–Crippen MR) is 156 cm³/mol. The number of ketones is 2. The number of rotatable bonds is 2. The summed E-state index contributed by atoms with van der Waals surface area (Å²) >= 11 is 3.56. The lowest BCUT2D eigenvalue weighted by Gasteiger charge is -2.44. The molecule has 0 bridgehead atoms. The third-order valence-corrected chi connectivity index (χ3v) is 9.45. The molecule has 1 saturated heterocycles. The largest absolute Gasteiger partial charge is 0.381 e. The van der Waals surface area contributed by atoms with Crippen LogP contribution < -0.4 is 5.32 Å². The molecule has 7 heteroatoms. The number of fused-ring (bicyclic) bond motifs is 1. The zero-order valence-corrected chi connectivity index (χ0v) is 24.3. The van der Waals surface area contributed by atoms with Crippen LogP contribution in [-0.4, -0.2) is 39.7 Å². The number of amides is 1. The summed E-state index contributed by atoms with van der Waals surface area (Å²) in [5.41, 5.74) is 2.40. The number of nitrogens with one attached hydrogen (secondary N) is 2. The minimum absolute atomic E-state index is 0.0345. The van der Waals surface area contributed by atoms with E-state index in [1.807, 2.05) is 43.5 Å². The fraction of sp³-hybridized carbons (Fsp3) is 0.406. The Hall–Kier alpha value is -3.03. The summed E-state index contributed by atoms with van der Waals surface area (Å²) in [5, 5.41) is 14.8. The van der Waals surface area contributed by atoms with E-state index in [2.05, 4.69) is 52.2 Å². The van der Waals surface area contributed by atoms with Crippen LogP contribution in [0.4, 0.5) is 0 Å². The molecule has 2 aliphatic carbocycles. The standard InChI is InChI=1S/C32H35BrN2O4/c1-17-6-5-7-22-13-18(2)20(4)29-26(14-21-16-34-25-9-8-23(33)15-24(21)25)35-31(39)32(22,29)28(37)11-10-27(36)30(38)19(3)12-17/h5,7-13,15-17,20,22,26,29-30,34,38H,6,14H2,1-4H3,(H,35,39)/b7-5+,11-10+,19-12+/t17-,20+,22-,26-,29-,30+,32+/m0/s1. The third-order valence-electron chi connectivity index (χ3n) is 8.95. The van der Waals surface area contributed by atoms with Crippen LogP contribution in [0, 0.1) is 29.1 Å². The molecule has 3 aliphatic rings. The van der Waals surface area contributed by atoms with Crippen molar-refractivity contribution < 1.29 is 19.5 Å². The molecular weight excluding hydrogens is 556 g/mol. The molecule has 1 spiro atoms. The maximum absolute atomic E-state index is 14.1. The lowest BCUT2D eigenvalue weighted by molar-refractivity contribution is -0.142. The maximum atomic E-state index is 14.1. The van der Waals surface area contributed by atoms with Crippen molar-refractivity contribution in [2.24, 2.45) is 29.1 Å². The fourth-order valence-electron chi connectivity index (χ4n) is 6.85. The molecule has 5 rings (SSSR count). The van der Waals surface area contributed by atoms with E-state index in [0.717, 1.165) is 32.6 Å². The smallest absolute Gasteiger partial charge is 0.235 e. The first-order valence-corrected chi connectivity index (χ1v) is 14.4. The van der Waals surface area contributed by atoms with Gasteiger partial charge in [-0.25, -0.2) is 0 Å². The zero-order chi connectivity index (χ0) is 28.1. The molecule has 6 nitrogen and oxygen atoms in total. The normalized spacial score (nSPS) is 36.4. The number of allylic oxidation sites excluding steroid dienone is 6. The van der Waals surface area contributed by atoms with Gasteiger partial charge in [0.1, 0.15) is 11.5 Å². The quantitative estimate of drug-likeness (QED) is 0.323. The highest BCUT2D eigenvalue weighted by Crippen LogP contribution is 2.54. The fourth-order valence-corrected chi connectivity index (χ4v) is 7.21. The summed E-state index contributed by atoms with van der Waals surface area (Å²) in [4.78, 5) is 44.3. The summed E-state index contributed by atoms with van der Waals surface area (Å²) in [7, 11) is 0. The van der Waals surface area contributed by atoms with Gasteiger partial charge in [-0.2, -0.15) is 0 Å². The summed E-state index contributed by atoms with van der Waals surface area (Å²) in [6, 6.07) is 5.79. The van der Waals surface area contributed by atoms with Gasteiger partial charge in [0.15, 0.2) is 11.6 Å². The van der Waals surface area contributed by atoms with Crippen molar-refractivity contribution in [1.82, 2.24) is 10.3 Å². The predicted octanol–water partition coefficient (Wildman–Crippen LogP) is 5.38. The van der Waals surface area contributed by atoms with Crippen molar-refractivity contribution in [1.29, 1.82) is 0 Å². The van der Waals surface area contributed by atoms with Crippen LogP contribution in [0.25, 0.3) is 10.9 Å². The van der Waals surface area contributed by atoms with Gasteiger partial charge in [0.25, 0.3) is 0 Å². The number of aliphatic hydroxyl groups excluding tert-OH is 1. The van der Waals surface area contributed by atoms with E-state index in [0.29, 0.717) is 18.4 Å². The zero-order valence-electron chi connectivity index (χ0n) is 22.7. The van der Waals surface area contributed by atoms with E-state index in [9.17, 15) is 19.5 Å². The molecule has 2 aromatic rings. The van der Waals surface area contributed by atoms with E-state index < -0.39 is 29.0 Å².